The Labute approximate surface area is 128 Å². The number of hydrogen-bond acceptors (Lipinski definition) is 6. The van der Waals surface area contributed by atoms with Crippen molar-refractivity contribution >= 4 is 40.4 Å². The number of carboxylic acid groups (broad SMARTS) is 1. The van der Waals surface area contributed by atoms with Crippen LogP contribution in [0.4, 0.5) is 11.5 Å². The lowest BCUT2D eigenvalue weighted by molar-refractivity contribution is -0.384. The summed E-state index contributed by atoms with van der Waals surface area (Å²) in [5, 5.41) is 22.8. The zero-order valence-corrected chi connectivity index (χ0v) is 12.3. The molecule has 0 amide bonds. The molecule has 9 heteroatoms. The summed E-state index contributed by atoms with van der Waals surface area (Å²) < 4.78 is 0.613. The van der Waals surface area contributed by atoms with Crippen molar-refractivity contribution < 1.29 is 14.8 Å². The Morgan fingerprint density at radius 1 is 1.57 bits per heavy atom. The highest BCUT2D eigenvalue weighted by Crippen LogP contribution is 2.31. The van der Waals surface area contributed by atoms with E-state index in [0.29, 0.717) is 4.34 Å². The third-order valence-corrected chi connectivity index (χ3v) is 4.10. The summed E-state index contributed by atoms with van der Waals surface area (Å²) in [6.07, 6.45) is 1.08. The van der Waals surface area contributed by atoms with Crippen molar-refractivity contribution in [1.29, 1.82) is 0 Å². The fourth-order valence-corrected chi connectivity index (χ4v) is 2.72. The number of halogens is 1. The number of hydrogen-bond donors (Lipinski definition) is 2. The molecule has 2 aromatic heterocycles. The number of nitro groups is 1. The van der Waals surface area contributed by atoms with Crippen LogP contribution in [0.2, 0.25) is 4.34 Å². The average molecular weight is 328 g/mol. The van der Waals surface area contributed by atoms with E-state index in [-0.39, 0.29) is 23.1 Å². The summed E-state index contributed by atoms with van der Waals surface area (Å²) in [6, 6.07) is 4.27. The zero-order valence-electron chi connectivity index (χ0n) is 10.7. The molecular weight excluding hydrogens is 318 g/mol. The number of nitrogens with zero attached hydrogens (tertiary/aromatic N) is 2. The number of carboxylic acids is 1. The summed E-state index contributed by atoms with van der Waals surface area (Å²) >= 11 is 7.19. The molecule has 0 spiro atoms. The molecule has 0 aliphatic carbocycles. The predicted molar refractivity (Wildman–Crippen MR) is 79.2 cm³/mol. The van der Waals surface area contributed by atoms with Gasteiger partial charge in [-0.2, -0.15) is 0 Å². The molecule has 0 saturated carbocycles. The molecule has 0 fully saturated rings. The van der Waals surface area contributed by atoms with Gasteiger partial charge in [-0.1, -0.05) is 11.6 Å². The smallest absolute Gasteiger partial charge is 0.337 e. The van der Waals surface area contributed by atoms with E-state index < -0.39 is 10.9 Å². The fourth-order valence-electron chi connectivity index (χ4n) is 1.66. The molecule has 2 aromatic rings. The Morgan fingerprint density at radius 3 is 2.81 bits per heavy atom. The van der Waals surface area contributed by atoms with Gasteiger partial charge in [-0.15, -0.1) is 11.3 Å². The van der Waals surface area contributed by atoms with Crippen molar-refractivity contribution in [3.05, 3.63) is 49.3 Å². The van der Waals surface area contributed by atoms with Crippen molar-refractivity contribution in [1.82, 2.24) is 4.98 Å². The Bertz CT molecular complexity index is 704. The largest absolute Gasteiger partial charge is 0.478 e. The molecule has 2 N–H and O–H groups in total. The second kappa shape index (κ2) is 6.06. The summed E-state index contributed by atoms with van der Waals surface area (Å²) in [5.41, 5.74) is -0.622. The number of thiophene rings is 1. The maximum atomic E-state index is 11.0. The molecule has 0 radical (unpaired) electrons. The zero-order chi connectivity index (χ0) is 15.6. The lowest BCUT2D eigenvalue weighted by Gasteiger charge is -2.13. The standard InChI is InChI=1S/C12H10ClN3O4S/c1-6(9-2-3-10(13)21-9)15-11-8(16(19)20)4-7(5-14-11)12(17)18/h2-6H,1H3,(H,14,15)(H,17,18). The molecular formula is C12H10ClN3O4S. The van der Waals surface area contributed by atoms with E-state index in [2.05, 4.69) is 10.3 Å². The molecule has 7 nitrogen and oxygen atoms in total. The van der Waals surface area contributed by atoms with Gasteiger partial charge in [-0.3, -0.25) is 10.1 Å². The van der Waals surface area contributed by atoms with E-state index in [1.54, 1.807) is 13.0 Å². The van der Waals surface area contributed by atoms with Crippen LogP contribution in [0.1, 0.15) is 28.2 Å². The minimum atomic E-state index is -1.27. The monoisotopic (exact) mass is 327 g/mol. The van der Waals surface area contributed by atoms with Gasteiger partial charge in [0.15, 0.2) is 0 Å². The van der Waals surface area contributed by atoms with E-state index >= 15 is 0 Å². The first kappa shape index (κ1) is 15.2. The third kappa shape index (κ3) is 3.47. The molecule has 0 aromatic carbocycles. The van der Waals surface area contributed by atoms with Gasteiger partial charge in [0.25, 0.3) is 0 Å². The fraction of sp³-hybridized carbons (Fsp3) is 0.167. The summed E-state index contributed by atoms with van der Waals surface area (Å²) in [5.74, 6) is -1.25. The first-order valence-electron chi connectivity index (χ1n) is 5.78. The van der Waals surface area contributed by atoms with Crippen molar-refractivity contribution in [2.24, 2.45) is 0 Å². The molecule has 2 heterocycles. The van der Waals surface area contributed by atoms with Gasteiger partial charge in [0.1, 0.15) is 0 Å². The minimum Gasteiger partial charge on any atom is -0.478 e. The van der Waals surface area contributed by atoms with Gasteiger partial charge in [0.05, 0.1) is 20.9 Å². The third-order valence-electron chi connectivity index (χ3n) is 2.69. The Morgan fingerprint density at radius 2 is 2.29 bits per heavy atom. The van der Waals surface area contributed by atoms with Crippen LogP contribution in [0, 0.1) is 10.1 Å². The molecule has 21 heavy (non-hydrogen) atoms. The molecule has 0 aliphatic heterocycles. The average Bonchev–Trinajstić information content (AvgIpc) is 2.85. The maximum Gasteiger partial charge on any atom is 0.337 e. The number of aromatic nitrogens is 1. The predicted octanol–water partition coefficient (Wildman–Crippen LogP) is 3.58. The lowest BCUT2D eigenvalue weighted by atomic mass is 10.2. The van der Waals surface area contributed by atoms with Crippen LogP contribution in [-0.4, -0.2) is 21.0 Å². The van der Waals surface area contributed by atoms with Crippen molar-refractivity contribution in [2.75, 3.05) is 5.32 Å². The number of carbonyl (C=O) groups is 1. The second-order valence-electron chi connectivity index (χ2n) is 4.16. The second-order valence-corrected chi connectivity index (χ2v) is 5.91. The SMILES string of the molecule is CC(Nc1ncc(C(=O)O)cc1[N+](=O)[O-])c1ccc(Cl)s1. The van der Waals surface area contributed by atoms with E-state index in [1.807, 2.05) is 6.07 Å². The molecule has 1 unspecified atom stereocenters. The van der Waals surface area contributed by atoms with Crippen LogP contribution in [-0.2, 0) is 0 Å². The number of aromatic carboxylic acids is 1. The van der Waals surface area contributed by atoms with Gasteiger partial charge >= 0.3 is 11.7 Å². The summed E-state index contributed by atoms with van der Waals surface area (Å²) in [4.78, 5) is 25.9. The van der Waals surface area contributed by atoms with Crippen molar-refractivity contribution in [2.45, 2.75) is 13.0 Å². The maximum absolute atomic E-state index is 11.0. The summed E-state index contributed by atoms with van der Waals surface area (Å²) in [7, 11) is 0. The quantitative estimate of drug-likeness (QED) is 0.642. The van der Waals surface area contributed by atoms with Crippen LogP contribution < -0.4 is 5.32 Å². The van der Waals surface area contributed by atoms with Gasteiger partial charge in [0, 0.05) is 17.1 Å². The van der Waals surface area contributed by atoms with E-state index in [0.717, 1.165) is 17.1 Å². The van der Waals surface area contributed by atoms with Crippen LogP contribution >= 0.6 is 22.9 Å². The number of anilines is 1. The summed E-state index contributed by atoms with van der Waals surface area (Å²) in [6.45, 7) is 1.80. The molecule has 0 bridgehead atoms. The normalized spacial score (nSPS) is 11.9. The number of rotatable bonds is 5. The number of pyridine rings is 1. The Hall–Kier alpha value is -2.19. The van der Waals surface area contributed by atoms with E-state index in [4.69, 9.17) is 16.7 Å². The highest BCUT2D eigenvalue weighted by molar-refractivity contribution is 7.16. The van der Waals surface area contributed by atoms with Crippen molar-refractivity contribution in [3.63, 3.8) is 0 Å². The van der Waals surface area contributed by atoms with Crippen LogP contribution in [0.15, 0.2) is 24.4 Å². The first-order valence-corrected chi connectivity index (χ1v) is 6.97. The van der Waals surface area contributed by atoms with Gasteiger partial charge < -0.3 is 10.4 Å². The molecule has 0 saturated heterocycles. The Kier molecular flexibility index (Phi) is 4.39. The van der Waals surface area contributed by atoms with Crippen LogP contribution in [0.25, 0.3) is 0 Å². The molecule has 0 aliphatic rings. The topological polar surface area (TPSA) is 105 Å². The van der Waals surface area contributed by atoms with Gasteiger partial charge in [-0.05, 0) is 19.1 Å². The highest BCUT2D eigenvalue weighted by atomic mass is 35.5. The van der Waals surface area contributed by atoms with Gasteiger partial charge in [0.2, 0.25) is 5.82 Å². The van der Waals surface area contributed by atoms with Crippen LogP contribution in [0.5, 0.6) is 0 Å². The highest BCUT2D eigenvalue weighted by Gasteiger charge is 2.21. The van der Waals surface area contributed by atoms with Gasteiger partial charge in [-0.25, -0.2) is 9.78 Å². The first-order chi connectivity index (χ1) is 9.88. The molecule has 1 atom stereocenters. The molecule has 110 valence electrons. The molecule has 2 rings (SSSR count). The van der Waals surface area contributed by atoms with Crippen molar-refractivity contribution in [3.8, 4) is 0 Å². The number of nitrogens with one attached hydrogen (secondary N) is 1. The van der Waals surface area contributed by atoms with E-state index in [9.17, 15) is 14.9 Å². The Balaban J connectivity index is 2.31. The van der Waals surface area contributed by atoms with E-state index in [1.165, 1.54) is 11.3 Å². The minimum absolute atomic E-state index is 0.0158. The van der Waals surface area contributed by atoms with Crippen LogP contribution in [0.3, 0.4) is 0 Å². The lowest BCUT2D eigenvalue weighted by Crippen LogP contribution is -2.10.